The van der Waals surface area contributed by atoms with E-state index in [-0.39, 0.29) is 0 Å². The molecule has 0 radical (unpaired) electrons. The monoisotopic (exact) mass is 301 g/mol. The van der Waals surface area contributed by atoms with Gasteiger partial charge in [-0.1, -0.05) is 59.3 Å². The third-order valence-corrected chi connectivity index (χ3v) is 4.02. The summed E-state index contributed by atoms with van der Waals surface area (Å²) >= 11 is 0. The van der Waals surface area contributed by atoms with Gasteiger partial charge in [-0.15, -0.1) is 10.2 Å². The molecule has 4 heteroatoms. The van der Waals surface area contributed by atoms with E-state index in [1.54, 1.807) is 7.11 Å². The zero-order chi connectivity index (χ0) is 15.8. The highest BCUT2D eigenvalue weighted by Gasteiger charge is 2.27. The van der Waals surface area contributed by atoms with E-state index in [1.165, 1.54) is 5.56 Å². The Balaban J connectivity index is 1.90. The van der Waals surface area contributed by atoms with E-state index in [1.807, 2.05) is 30.3 Å². The SMILES string of the molecule is CO/N=C1/c2ccccc2-c2nnc(-c3ccc(C)cc3)cc21. The summed E-state index contributed by atoms with van der Waals surface area (Å²) in [5, 5.41) is 13.0. The molecule has 0 saturated carbocycles. The molecule has 0 saturated heterocycles. The highest BCUT2D eigenvalue weighted by atomic mass is 16.6. The summed E-state index contributed by atoms with van der Waals surface area (Å²) in [4.78, 5) is 5.04. The molecule has 0 bridgehead atoms. The number of aromatic nitrogens is 2. The van der Waals surface area contributed by atoms with Gasteiger partial charge in [-0.2, -0.15) is 0 Å². The lowest BCUT2D eigenvalue weighted by Gasteiger charge is -2.04. The molecule has 1 aliphatic carbocycles. The van der Waals surface area contributed by atoms with E-state index in [9.17, 15) is 0 Å². The van der Waals surface area contributed by atoms with Gasteiger partial charge in [0.1, 0.15) is 18.5 Å². The normalized spacial score (nSPS) is 13.7. The van der Waals surface area contributed by atoms with Crippen molar-refractivity contribution in [3.63, 3.8) is 0 Å². The molecule has 0 amide bonds. The molecule has 4 rings (SSSR count). The minimum atomic E-state index is 0.807. The molecule has 23 heavy (non-hydrogen) atoms. The van der Waals surface area contributed by atoms with Crippen LogP contribution in [0, 0.1) is 6.92 Å². The number of rotatable bonds is 2. The molecule has 4 nitrogen and oxygen atoms in total. The molecular formula is C19H15N3O. The minimum Gasteiger partial charge on any atom is -0.399 e. The Labute approximate surface area is 134 Å². The summed E-state index contributed by atoms with van der Waals surface area (Å²) in [5.74, 6) is 0. The van der Waals surface area contributed by atoms with Crippen molar-refractivity contribution < 1.29 is 4.84 Å². The highest BCUT2D eigenvalue weighted by molar-refractivity contribution is 6.23. The second-order valence-corrected chi connectivity index (χ2v) is 5.53. The largest absolute Gasteiger partial charge is 0.399 e. The van der Waals surface area contributed by atoms with Gasteiger partial charge in [0.05, 0.1) is 5.69 Å². The summed E-state index contributed by atoms with van der Waals surface area (Å²) in [6, 6.07) is 18.3. The second kappa shape index (κ2) is 5.32. The maximum absolute atomic E-state index is 5.04. The zero-order valence-corrected chi connectivity index (χ0v) is 12.9. The maximum atomic E-state index is 5.04. The van der Waals surface area contributed by atoms with E-state index in [0.29, 0.717) is 0 Å². The average Bonchev–Trinajstić information content (AvgIpc) is 2.90. The number of fused-ring (bicyclic) bond motifs is 3. The quantitative estimate of drug-likeness (QED) is 0.529. The second-order valence-electron chi connectivity index (χ2n) is 5.53. The number of nitrogens with zero attached hydrogens (tertiary/aromatic N) is 3. The van der Waals surface area contributed by atoms with E-state index in [4.69, 9.17) is 4.84 Å². The van der Waals surface area contributed by atoms with Crippen molar-refractivity contribution in [2.75, 3.05) is 7.11 Å². The number of hydrogen-bond acceptors (Lipinski definition) is 4. The molecule has 0 aliphatic heterocycles. The summed E-state index contributed by atoms with van der Waals surface area (Å²) in [6.45, 7) is 2.07. The van der Waals surface area contributed by atoms with Crippen LogP contribution in [0.4, 0.5) is 0 Å². The fraction of sp³-hybridized carbons (Fsp3) is 0.105. The van der Waals surface area contributed by atoms with Crippen molar-refractivity contribution in [2.45, 2.75) is 6.92 Å². The molecule has 1 aromatic heterocycles. The Bertz CT molecular complexity index is 914. The van der Waals surface area contributed by atoms with Crippen molar-refractivity contribution in [3.05, 3.63) is 71.3 Å². The van der Waals surface area contributed by atoms with Gasteiger partial charge in [0, 0.05) is 22.3 Å². The first kappa shape index (κ1) is 13.6. The number of aryl methyl sites for hydroxylation is 1. The van der Waals surface area contributed by atoms with Crippen molar-refractivity contribution in [3.8, 4) is 22.5 Å². The number of oxime groups is 1. The van der Waals surface area contributed by atoms with Crippen LogP contribution in [0.5, 0.6) is 0 Å². The van der Waals surface area contributed by atoms with Gasteiger partial charge in [0.25, 0.3) is 0 Å². The molecule has 2 aromatic carbocycles. The van der Waals surface area contributed by atoms with Crippen LogP contribution in [0.1, 0.15) is 16.7 Å². The van der Waals surface area contributed by atoms with E-state index >= 15 is 0 Å². The summed E-state index contributed by atoms with van der Waals surface area (Å²) in [7, 11) is 1.56. The fourth-order valence-electron chi connectivity index (χ4n) is 2.87. The molecule has 0 N–H and O–H groups in total. The van der Waals surface area contributed by atoms with Gasteiger partial charge >= 0.3 is 0 Å². The lowest BCUT2D eigenvalue weighted by molar-refractivity contribution is 0.214. The van der Waals surface area contributed by atoms with Crippen LogP contribution >= 0.6 is 0 Å². The van der Waals surface area contributed by atoms with E-state index in [0.717, 1.165) is 39.4 Å². The van der Waals surface area contributed by atoms with Crippen LogP contribution in [0.25, 0.3) is 22.5 Å². The zero-order valence-electron chi connectivity index (χ0n) is 12.9. The van der Waals surface area contributed by atoms with Crippen LogP contribution in [0.2, 0.25) is 0 Å². The van der Waals surface area contributed by atoms with Crippen LogP contribution in [0.15, 0.2) is 59.8 Å². The topological polar surface area (TPSA) is 47.4 Å². The standard InChI is InChI=1S/C19H15N3O/c1-12-7-9-13(10-8-12)17-11-16-18(21-20-17)14-5-3-4-6-15(14)19(16)22-23-2/h3-11H,1-2H3/b22-19-. The first-order valence-electron chi connectivity index (χ1n) is 7.44. The Kier molecular flexibility index (Phi) is 3.15. The minimum absolute atomic E-state index is 0.807. The maximum Gasteiger partial charge on any atom is 0.120 e. The third-order valence-electron chi connectivity index (χ3n) is 4.02. The fourth-order valence-corrected chi connectivity index (χ4v) is 2.87. The van der Waals surface area contributed by atoms with Gasteiger partial charge in [-0.05, 0) is 13.0 Å². The molecular weight excluding hydrogens is 286 g/mol. The molecule has 0 spiro atoms. The van der Waals surface area contributed by atoms with Crippen LogP contribution in [-0.4, -0.2) is 23.0 Å². The molecule has 1 heterocycles. The van der Waals surface area contributed by atoms with Gasteiger partial charge < -0.3 is 4.84 Å². The molecule has 1 aliphatic rings. The van der Waals surface area contributed by atoms with Gasteiger partial charge in [-0.3, -0.25) is 0 Å². The average molecular weight is 301 g/mol. The predicted molar refractivity (Wildman–Crippen MR) is 90.3 cm³/mol. The first-order valence-corrected chi connectivity index (χ1v) is 7.44. The Morgan fingerprint density at radius 3 is 2.35 bits per heavy atom. The lowest BCUT2D eigenvalue weighted by atomic mass is 10.1. The smallest absolute Gasteiger partial charge is 0.120 e. The Morgan fingerprint density at radius 2 is 1.61 bits per heavy atom. The molecule has 0 atom stereocenters. The molecule has 3 aromatic rings. The molecule has 0 unspecified atom stereocenters. The van der Waals surface area contributed by atoms with Crippen LogP contribution in [0.3, 0.4) is 0 Å². The van der Waals surface area contributed by atoms with Gasteiger partial charge in [-0.25, -0.2) is 0 Å². The van der Waals surface area contributed by atoms with Crippen molar-refractivity contribution in [2.24, 2.45) is 5.16 Å². The highest BCUT2D eigenvalue weighted by Crippen LogP contribution is 2.36. The van der Waals surface area contributed by atoms with Gasteiger partial charge in [0.2, 0.25) is 0 Å². The lowest BCUT2D eigenvalue weighted by Crippen LogP contribution is -2.01. The number of hydrogen-bond donors (Lipinski definition) is 0. The van der Waals surface area contributed by atoms with Crippen molar-refractivity contribution >= 4 is 5.71 Å². The molecule has 112 valence electrons. The first-order chi connectivity index (χ1) is 11.3. The van der Waals surface area contributed by atoms with Crippen LogP contribution in [-0.2, 0) is 4.84 Å². The van der Waals surface area contributed by atoms with Crippen molar-refractivity contribution in [1.29, 1.82) is 0 Å². The van der Waals surface area contributed by atoms with Crippen LogP contribution < -0.4 is 0 Å². The predicted octanol–water partition coefficient (Wildman–Crippen LogP) is 3.83. The van der Waals surface area contributed by atoms with Crippen molar-refractivity contribution in [1.82, 2.24) is 10.2 Å². The summed E-state index contributed by atoms with van der Waals surface area (Å²) in [6.07, 6.45) is 0. The molecule has 0 fully saturated rings. The van der Waals surface area contributed by atoms with Gasteiger partial charge in [0.15, 0.2) is 0 Å². The Hall–Kier alpha value is -3.01. The van der Waals surface area contributed by atoms with E-state index < -0.39 is 0 Å². The number of benzene rings is 2. The summed E-state index contributed by atoms with van der Waals surface area (Å²) in [5.41, 5.74) is 7.78. The van der Waals surface area contributed by atoms with E-state index in [2.05, 4.69) is 46.5 Å². The third kappa shape index (κ3) is 2.19. The Morgan fingerprint density at radius 1 is 0.870 bits per heavy atom. The summed E-state index contributed by atoms with van der Waals surface area (Å²) < 4.78 is 0.